The van der Waals surface area contributed by atoms with Gasteiger partial charge < -0.3 is 5.32 Å². The molecule has 0 radical (unpaired) electrons. The number of nitrogens with one attached hydrogen (secondary N) is 1. The summed E-state index contributed by atoms with van der Waals surface area (Å²) in [6.45, 7) is 3.26. The largest absolute Gasteiger partial charge is 0.312 e. The summed E-state index contributed by atoms with van der Waals surface area (Å²) in [7, 11) is 0. The maximum atomic E-state index is 13.0. The van der Waals surface area contributed by atoms with Crippen LogP contribution in [0, 0.1) is 18.6 Å². The summed E-state index contributed by atoms with van der Waals surface area (Å²) in [6.07, 6.45) is 0.568. The molecule has 0 spiro atoms. The van der Waals surface area contributed by atoms with Crippen LogP contribution < -0.4 is 5.32 Å². The Bertz CT molecular complexity index is 579. The Hall–Kier alpha value is -1.45. The minimum absolute atomic E-state index is 0.540. The van der Waals surface area contributed by atoms with Gasteiger partial charge in [0.1, 0.15) is 11.6 Å². The highest BCUT2D eigenvalue weighted by Gasteiger charge is 2.02. The molecule has 20 heavy (non-hydrogen) atoms. The molecule has 0 aliphatic carbocycles. The molecule has 0 fully saturated rings. The minimum Gasteiger partial charge on any atom is -0.312 e. The fraction of sp³-hybridized carbons (Fsp3) is 0.250. The molecule has 0 atom stereocenters. The van der Waals surface area contributed by atoms with E-state index in [0.717, 1.165) is 22.2 Å². The monoisotopic (exact) mass is 295 g/mol. The molecule has 0 saturated carbocycles. The number of benzene rings is 2. The molecular formula is C16H16ClF2N. The molecule has 2 aromatic carbocycles. The Labute approximate surface area is 122 Å². The zero-order valence-electron chi connectivity index (χ0n) is 11.2. The van der Waals surface area contributed by atoms with Gasteiger partial charge in [0.05, 0.1) is 0 Å². The number of halogens is 3. The third-order valence-electron chi connectivity index (χ3n) is 3.04. The summed E-state index contributed by atoms with van der Waals surface area (Å²) in [6, 6.07) is 9.48. The van der Waals surface area contributed by atoms with Crippen LogP contribution in [0.15, 0.2) is 36.4 Å². The molecule has 0 heterocycles. The summed E-state index contributed by atoms with van der Waals surface area (Å²) >= 11 is 6.13. The van der Waals surface area contributed by atoms with E-state index < -0.39 is 11.6 Å². The zero-order valence-corrected chi connectivity index (χ0v) is 12.0. The first-order chi connectivity index (χ1) is 9.54. The van der Waals surface area contributed by atoms with Crippen molar-refractivity contribution in [1.82, 2.24) is 5.32 Å². The predicted molar refractivity (Wildman–Crippen MR) is 78.0 cm³/mol. The first kappa shape index (κ1) is 14.9. The van der Waals surface area contributed by atoms with Crippen molar-refractivity contribution in [3.05, 3.63) is 69.7 Å². The summed E-state index contributed by atoms with van der Waals surface area (Å²) in [5, 5.41) is 3.95. The Balaban J connectivity index is 1.84. The van der Waals surface area contributed by atoms with Crippen LogP contribution in [0.3, 0.4) is 0 Å². The lowest BCUT2D eigenvalue weighted by atomic mass is 10.1. The number of rotatable bonds is 5. The quantitative estimate of drug-likeness (QED) is 0.813. The second-order valence-corrected chi connectivity index (χ2v) is 5.21. The van der Waals surface area contributed by atoms with Crippen LogP contribution in [0.1, 0.15) is 16.7 Å². The van der Waals surface area contributed by atoms with Crippen LogP contribution in [0.4, 0.5) is 8.78 Å². The Kier molecular flexibility index (Phi) is 5.10. The van der Waals surface area contributed by atoms with E-state index in [0.29, 0.717) is 25.1 Å². The molecule has 0 amide bonds. The fourth-order valence-corrected chi connectivity index (χ4v) is 2.31. The lowest BCUT2D eigenvalue weighted by Crippen LogP contribution is -2.17. The van der Waals surface area contributed by atoms with E-state index in [9.17, 15) is 8.78 Å². The van der Waals surface area contributed by atoms with E-state index in [1.54, 1.807) is 0 Å². The van der Waals surface area contributed by atoms with Crippen molar-refractivity contribution in [3.63, 3.8) is 0 Å². The van der Waals surface area contributed by atoms with Crippen molar-refractivity contribution in [2.45, 2.75) is 19.9 Å². The van der Waals surface area contributed by atoms with Crippen molar-refractivity contribution in [1.29, 1.82) is 0 Å². The van der Waals surface area contributed by atoms with Crippen molar-refractivity contribution in [3.8, 4) is 0 Å². The van der Waals surface area contributed by atoms with Crippen LogP contribution in [-0.2, 0) is 13.0 Å². The number of aryl methyl sites for hydroxylation is 1. The molecule has 4 heteroatoms. The van der Waals surface area contributed by atoms with E-state index in [1.165, 1.54) is 12.1 Å². The highest BCUT2D eigenvalue weighted by molar-refractivity contribution is 6.31. The van der Waals surface area contributed by atoms with Crippen LogP contribution in [0.5, 0.6) is 0 Å². The van der Waals surface area contributed by atoms with Crippen molar-refractivity contribution < 1.29 is 8.78 Å². The second-order valence-electron chi connectivity index (χ2n) is 4.80. The lowest BCUT2D eigenvalue weighted by molar-refractivity contribution is 0.577. The van der Waals surface area contributed by atoms with Gasteiger partial charge in [-0.15, -0.1) is 0 Å². The van der Waals surface area contributed by atoms with E-state index >= 15 is 0 Å². The Morgan fingerprint density at radius 2 is 1.75 bits per heavy atom. The molecule has 1 nitrogen and oxygen atoms in total. The average molecular weight is 296 g/mol. The van der Waals surface area contributed by atoms with E-state index in [1.807, 2.05) is 25.1 Å². The normalized spacial score (nSPS) is 10.8. The molecule has 106 valence electrons. The molecule has 2 aromatic rings. The smallest absolute Gasteiger partial charge is 0.126 e. The number of hydrogen-bond acceptors (Lipinski definition) is 1. The van der Waals surface area contributed by atoms with Crippen LogP contribution in [0.25, 0.3) is 0 Å². The van der Waals surface area contributed by atoms with E-state index in [2.05, 4.69) is 5.32 Å². The zero-order chi connectivity index (χ0) is 14.5. The van der Waals surface area contributed by atoms with Gasteiger partial charge >= 0.3 is 0 Å². The van der Waals surface area contributed by atoms with Gasteiger partial charge in [0.15, 0.2) is 0 Å². The van der Waals surface area contributed by atoms with Crippen molar-refractivity contribution >= 4 is 11.6 Å². The van der Waals surface area contributed by atoms with Gasteiger partial charge in [-0.25, -0.2) is 8.78 Å². The van der Waals surface area contributed by atoms with Crippen molar-refractivity contribution in [2.24, 2.45) is 0 Å². The fourth-order valence-electron chi connectivity index (χ4n) is 2.01. The number of hydrogen-bond donors (Lipinski definition) is 1. The van der Waals surface area contributed by atoms with Gasteiger partial charge in [0.25, 0.3) is 0 Å². The van der Waals surface area contributed by atoms with Crippen LogP contribution in [-0.4, -0.2) is 6.54 Å². The molecule has 0 aliphatic heterocycles. The topological polar surface area (TPSA) is 12.0 Å². The van der Waals surface area contributed by atoms with Gasteiger partial charge in [-0.3, -0.25) is 0 Å². The second kappa shape index (κ2) is 6.82. The highest BCUT2D eigenvalue weighted by Crippen LogP contribution is 2.17. The van der Waals surface area contributed by atoms with E-state index in [-0.39, 0.29) is 0 Å². The maximum absolute atomic E-state index is 13.0. The highest BCUT2D eigenvalue weighted by atomic mass is 35.5. The maximum Gasteiger partial charge on any atom is 0.126 e. The van der Waals surface area contributed by atoms with Gasteiger partial charge in [0, 0.05) is 17.6 Å². The summed E-state index contributed by atoms with van der Waals surface area (Å²) in [4.78, 5) is 0. The standard InChI is InChI=1S/C16H16ClF2N/c1-11-2-3-13(16(17)6-11)10-20-5-4-12-7-14(18)9-15(19)8-12/h2-3,6-9,20H,4-5,10H2,1H3. The molecule has 0 aliphatic rings. The SMILES string of the molecule is Cc1ccc(CNCCc2cc(F)cc(F)c2)c(Cl)c1. The van der Waals surface area contributed by atoms with Gasteiger partial charge in [-0.2, -0.15) is 0 Å². The van der Waals surface area contributed by atoms with Gasteiger partial charge in [-0.05, 0) is 54.8 Å². The van der Waals surface area contributed by atoms with E-state index in [4.69, 9.17) is 11.6 Å². The molecule has 0 bridgehead atoms. The van der Waals surface area contributed by atoms with Crippen molar-refractivity contribution in [2.75, 3.05) is 6.54 Å². The average Bonchev–Trinajstić information content (AvgIpc) is 2.35. The van der Waals surface area contributed by atoms with Crippen LogP contribution >= 0.6 is 11.6 Å². The Morgan fingerprint density at radius 1 is 1.05 bits per heavy atom. The molecule has 1 N–H and O–H groups in total. The first-order valence-electron chi connectivity index (χ1n) is 6.45. The predicted octanol–water partition coefficient (Wildman–Crippen LogP) is 4.26. The van der Waals surface area contributed by atoms with Crippen LogP contribution in [0.2, 0.25) is 5.02 Å². The molecular weight excluding hydrogens is 280 g/mol. The molecule has 0 aromatic heterocycles. The lowest BCUT2D eigenvalue weighted by Gasteiger charge is -2.08. The van der Waals surface area contributed by atoms with Gasteiger partial charge in [-0.1, -0.05) is 23.7 Å². The molecule has 0 unspecified atom stereocenters. The summed E-state index contributed by atoms with van der Waals surface area (Å²) in [5.74, 6) is -1.08. The first-order valence-corrected chi connectivity index (χ1v) is 6.83. The summed E-state index contributed by atoms with van der Waals surface area (Å²) in [5.41, 5.74) is 2.78. The third-order valence-corrected chi connectivity index (χ3v) is 3.39. The Morgan fingerprint density at radius 3 is 2.40 bits per heavy atom. The summed E-state index contributed by atoms with van der Waals surface area (Å²) < 4.78 is 26.0. The van der Waals surface area contributed by atoms with Gasteiger partial charge in [0.2, 0.25) is 0 Å². The minimum atomic E-state index is -0.540. The third kappa shape index (κ3) is 4.29. The molecule has 2 rings (SSSR count). The molecule has 0 saturated heterocycles.